The number of tetrazole rings is 1. The van der Waals surface area contributed by atoms with Gasteiger partial charge in [0.15, 0.2) is 5.82 Å². The SMILES string of the molecule is Cn1nnnc1C(Cl)c1cccc(Br)c1. The first kappa shape index (κ1) is 10.6. The Labute approximate surface area is 100 Å². The normalized spacial score (nSPS) is 12.7. The van der Waals surface area contributed by atoms with E-state index in [1.165, 1.54) is 0 Å². The van der Waals surface area contributed by atoms with Gasteiger partial charge in [0.1, 0.15) is 5.38 Å². The molecule has 0 N–H and O–H groups in total. The summed E-state index contributed by atoms with van der Waals surface area (Å²) < 4.78 is 2.55. The molecule has 0 aliphatic carbocycles. The molecular weight excluding hydrogens is 279 g/mol. The van der Waals surface area contributed by atoms with Crippen molar-refractivity contribution >= 4 is 27.5 Å². The van der Waals surface area contributed by atoms with Gasteiger partial charge in [0.25, 0.3) is 0 Å². The summed E-state index contributed by atoms with van der Waals surface area (Å²) in [5, 5.41) is 10.8. The highest BCUT2D eigenvalue weighted by molar-refractivity contribution is 9.10. The molecule has 4 nitrogen and oxygen atoms in total. The standard InChI is InChI=1S/C9H8BrClN4/c1-15-9(12-13-14-15)8(11)6-3-2-4-7(10)5-6/h2-5,8H,1H3. The molecular formula is C9H8BrClN4. The second-order valence-electron chi connectivity index (χ2n) is 3.08. The minimum absolute atomic E-state index is 0.331. The summed E-state index contributed by atoms with van der Waals surface area (Å²) in [6.45, 7) is 0. The zero-order valence-electron chi connectivity index (χ0n) is 7.93. The lowest BCUT2D eigenvalue weighted by molar-refractivity contribution is 0.682. The van der Waals surface area contributed by atoms with Crippen LogP contribution in [0.5, 0.6) is 0 Å². The summed E-state index contributed by atoms with van der Waals surface area (Å²) in [6.07, 6.45) is 0. The fourth-order valence-corrected chi connectivity index (χ4v) is 2.00. The van der Waals surface area contributed by atoms with Crippen molar-refractivity contribution in [3.8, 4) is 0 Å². The summed E-state index contributed by atoms with van der Waals surface area (Å²) in [7, 11) is 1.77. The van der Waals surface area contributed by atoms with Crippen LogP contribution < -0.4 is 0 Å². The largest absolute Gasteiger partial charge is 0.231 e. The third kappa shape index (κ3) is 2.18. The van der Waals surface area contributed by atoms with Gasteiger partial charge < -0.3 is 0 Å². The second-order valence-corrected chi connectivity index (χ2v) is 4.43. The Morgan fingerprint density at radius 3 is 2.87 bits per heavy atom. The first-order chi connectivity index (χ1) is 7.18. The molecule has 1 aromatic heterocycles. The zero-order valence-corrected chi connectivity index (χ0v) is 10.3. The number of rotatable bonds is 2. The summed E-state index contributed by atoms with van der Waals surface area (Å²) in [5.74, 6) is 0.634. The predicted molar refractivity (Wildman–Crippen MR) is 60.6 cm³/mol. The average molecular weight is 288 g/mol. The van der Waals surface area contributed by atoms with Gasteiger partial charge in [0.2, 0.25) is 0 Å². The molecule has 2 aromatic rings. The lowest BCUT2D eigenvalue weighted by Crippen LogP contribution is -2.03. The molecule has 0 spiro atoms. The number of halogens is 2. The first-order valence-electron chi connectivity index (χ1n) is 4.30. The summed E-state index contributed by atoms with van der Waals surface area (Å²) >= 11 is 9.66. The quantitative estimate of drug-likeness (QED) is 0.796. The smallest absolute Gasteiger partial charge is 0.173 e. The van der Waals surface area contributed by atoms with E-state index in [2.05, 4.69) is 31.5 Å². The van der Waals surface area contributed by atoms with Crippen molar-refractivity contribution in [3.05, 3.63) is 40.1 Å². The summed E-state index contributed by atoms with van der Waals surface area (Å²) in [6, 6.07) is 7.77. The molecule has 1 atom stereocenters. The second kappa shape index (κ2) is 4.28. The van der Waals surface area contributed by atoms with Gasteiger partial charge in [0, 0.05) is 11.5 Å². The van der Waals surface area contributed by atoms with E-state index in [1.807, 2.05) is 24.3 Å². The van der Waals surface area contributed by atoms with Crippen LogP contribution in [0, 0.1) is 0 Å². The fraction of sp³-hybridized carbons (Fsp3) is 0.222. The van der Waals surface area contributed by atoms with Crippen molar-refractivity contribution in [1.82, 2.24) is 20.2 Å². The Morgan fingerprint density at radius 1 is 1.47 bits per heavy atom. The Morgan fingerprint density at radius 2 is 2.27 bits per heavy atom. The van der Waals surface area contributed by atoms with Crippen LogP contribution >= 0.6 is 27.5 Å². The third-order valence-electron chi connectivity index (χ3n) is 2.02. The number of alkyl halides is 1. The van der Waals surface area contributed by atoms with Crippen LogP contribution in [-0.4, -0.2) is 20.2 Å². The van der Waals surface area contributed by atoms with Gasteiger partial charge in [0.05, 0.1) is 0 Å². The molecule has 1 unspecified atom stereocenters. The number of nitrogens with zero attached hydrogens (tertiary/aromatic N) is 4. The Balaban J connectivity index is 2.36. The van der Waals surface area contributed by atoms with E-state index < -0.39 is 0 Å². The van der Waals surface area contributed by atoms with Crippen molar-refractivity contribution in [2.24, 2.45) is 7.05 Å². The van der Waals surface area contributed by atoms with Gasteiger partial charge >= 0.3 is 0 Å². The van der Waals surface area contributed by atoms with Crippen LogP contribution in [-0.2, 0) is 7.05 Å². The molecule has 0 aliphatic rings. The maximum absolute atomic E-state index is 6.27. The lowest BCUT2D eigenvalue weighted by atomic mass is 10.1. The van der Waals surface area contributed by atoms with Crippen molar-refractivity contribution < 1.29 is 0 Å². The van der Waals surface area contributed by atoms with Crippen LogP contribution in [0.3, 0.4) is 0 Å². The molecule has 1 heterocycles. The van der Waals surface area contributed by atoms with Crippen molar-refractivity contribution in [1.29, 1.82) is 0 Å². The van der Waals surface area contributed by atoms with Crippen LogP contribution in [0.4, 0.5) is 0 Å². The zero-order chi connectivity index (χ0) is 10.8. The number of hydrogen-bond acceptors (Lipinski definition) is 3. The van der Waals surface area contributed by atoms with Gasteiger partial charge in [-0.3, -0.25) is 0 Å². The molecule has 6 heteroatoms. The lowest BCUT2D eigenvalue weighted by Gasteiger charge is -2.07. The van der Waals surface area contributed by atoms with Crippen LogP contribution in [0.1, 0.15) is 16.8 Å². The van der Waals surface area contributed by atoms with E-state index in [9.17, 15) is 0 Å². The van der Waals surface area contributed by atoms with Crippen LogP contribution in [0.2, 0.25) is 0 Å². The molecule has 2 rings (SSSR count). The van der Waals surface area contributed by atoms with Gasteiger partial charge in [-0.05, 0) is 28.1 Å². The number of benzene rings is 1. The van der Waals surface area contributed by atoms with Crippen LogP contribution in [0.25, 0.3) is 0 Å². The maximum Gasteiger partial charge on any atom is 0.173 e. The Hall–Kier alpha value is -0.940. The number of hydrogen-bond donors (Lipinski definition) is 0. The molecule has 0 amide bonds. The van der Waals surface area contributed by atoms with Gasteiger partial charge in [-0.1, -0.05) is 28.1 Å². The highest BCUT2D eigenvalue weighted by Gasteiger charge is 2.16. The number of aryl methyl sites for hydroxylation is 1. The predicted octanol–water partition coefficient (Wildman–Crippen LogP) is 2.30. The Bertz CT molecular complexity index is 471. The minimum atomic E-state index is -0.331. The van der Waals surface area contributed by atoms with Gasteiger partial charge in [-0.2, -0.15) is 0 Å². The molecule has 0 saturated heterocycles. The molecule has 0 saturated carbocycles. The van der Waals surface area contributed by atoms with E-state index in [0.29, 0.717) is 5.82 Å². The molecule has 78 valence electrons. The highest BCUT2D eigenvalue weighted by Crippen LogP contribution is 2.27. The highest BCUT2D eigenvalue weighted by atomic mass is 79.9. The first-order valence-corrected chi connectivity index (χ1v) is 5.53. The van der Waals surface area contributed by atoms with Gasteiger partial charge in [-0.15, -0.1) is 16.7 Å². The summed E-state index contributed by atoms with van der Waals surface area (Å²) in [4.78, 5) is 0. The molecule has 0 fully saturated rings. The van der Waals surface area contributed by atoms with Crippen LogP contribution in [0.15, 0.2) is 28.7 Å². The monoisotopic (exact) mass is 286 g/mol. The molecule has 1 aromatic carbocycles. The maximum atomic E-state index is 6.27. The van der Waals surface area contributed by atoms with Crippen molar-refractivity contribution in [2.45, 2.75) is 5.38 Å². The third-order valence-corrected chi connectivity index (χ3v) is 2.96. The number of aromatic nitrogens is 4. The van der Waals surface area contributed by atoms with E-state index in [-0.39, 0.29) is 5.38 Å². The van der Waals surface area contributed by atoms with E-state index in [1.54, 1.807) is 11.7 Å². The fourth-order valence-electron chi connectivity index (χ4n) is 1.26. The Kier molecular flexibility index (Phi) is 3.02. The summed E-state index contributed by atoms with van der Waals surface area (Å²) in [5.41, 5.74) is 0.962. The minimum Gasteiger partial charge on any atom is -0.231 e. The topological polar surface area (TPSA) is 43.6 Å². The van der Waals surface area contributed by atoms with E-state index in [4.69, 9.17) is 11.6 Å². The van der Waals surface area contributed by atoms with Gasteiger partial charge in [-0.25, -0.2) is 4.68 Å². The van der Waals surface area contributed by atoms with Crippen molar-refractivity contribution in [3.63, 3.8) is 0 Å². The van der Waals surface area contributed by atoms with E-state index >= 15 is 0 Å². The molecule has 0 bridgehead atoms. The van der Waals surface area contributed by atoms with Crippen molar-refractivity contribution in [2.75, 3.05) is 0 Å². The average Bonchev–Trinajstić information content (AvgIpc) is 2.63. The van der Waals surface area contributed by atoms with E-state index in [0.717, 1.165) is 10.0 Å². The molecule has 0 aliphatic heterocycles. The molecule has 0 radical (unpaired) electrons. The molecule has 15 heavy (non-hydrogen) atoms.